The topological polar surface area (TPSA) is 76.1 Å². The molecule has 2 N–H and O–H groups in total. The Hall–Kier alpha value is -3.06. The number of rotatable bonds is 7. The Morgan fingerprint density at radius 3 is 2.28 bits per heavy atom. The van der Waals surface area contributed by atoms with E-state index in [0.717, 1.165) is 38.3 Å². The smallest absolute Gasteiger partial charge is 0.335 e. The molecule has 0 atom stereocenters. The highest BCUT2D eigenvalue weighted by Crippen LogP contribution is 2.15. The number of aromatic carboxylic acids is 1. The molecule has 29 heavy (non-hydrogen) atoms. The number of benzene rings is 2. The summed E-state index contributed by atoms with van der Waals surface area (Å²) in [5.74, 6) is -0.954. The molecular formula is C22H28N4O3. The average molecular weight is 396 g/mol. The van der Waals surface area contributed by atoms with Crippen molar-refractivity contribution in [3.63, 3.8) is 0 Å². The van der Waals surface area contributed by atoms with Crippen molar-refractivity contribution < 1.29 is 14.7 Å². The van der Waals surface area contributed by atoms with E-state index in [1.54, 1.807) is 36.2 Å². The number of carboxylic acids is 1. The summed E-state index contributed by atoms with van der Waals surface area (Å²) < 4.78 is 0. The van der Waals surface area contributed by atoms with Crippen LogP contribution >= 0.6 is 0 Å². The maximum absolute atomic E-state index is 12.3. The second-order valence-corrected chi connectivity index (χ2v) is 7.25. The van der Waals surface area contributed by atoms with Crippen LogP contribution in [0, 0.1) is 0 Å². The molecule has 1 saturated heterocycles. The van der Waals surface area contributed by atoms with Crippen LogP contribution < -0.4 is 10.2 Å². The molecule has 7 nitrogen and oxygen atoms in total. The lowest BCUT2D eigenvalue weighted by atomic mass is 10.1. The summed E-state index contributed by atoms with van der Waals surface area (Å²) in [6, 6.07) is 16.8. The molecule has 1 aliphatic heterocycles. The highest BCUT2D eigenvalue weighted by atomic mass is 16.4. The predicted molar refractivity (Wildman–Crippen MR) is 113 cm³/mol. The second kappa shape index (κ2) is 9.93. The lowest BCUT2D eigenvalue weighted by Crippen LogP contribution is -2.49. The van der Waals surface area contributed by atoms with Gasteiger partial charge in [0.25, 0.3) is 0 Å². The molecule has 0 spiro atoms. The average Bonchev–Trinajstić information content (AvgIpc) is 2.77. The molecule has 7 heteroatoms. The number of amides is 2. The number of carbonyl (C=O) groups is 2. The highest BCUT2D eigenvalue weighted by Gasteiger charge is 2.18. The van der Waals surface area contributed by atoms with E-state index in [2.05, 4.69) is 39.4 Å². The van der Waals surface area contributed by atoms with Gasteiger partial charge in [-0.15, -0.1) is 0 Å². The van der Waals surface area contributed by atoms with Crippen molar-refractivity contribution in [2.75, 3.05) is 51.2 Å². The first kappa shape index (κ1) is 20.7. The van der Waals surface area contributed by atoms with E-state index in [-0.39, 0.29) is 11.6 Å². The van der Waals surface area contributed by atoms with Gasteiger partial charge < -0.3 is 20.2 Å². The lowest BCUT2D eigenvalue weighted by Gasteiger charge is -2.36. The van der Waals surface area contributed by atoms with Crippen molar-refractivity contribution in [2.24, 2.45) is 0 Å². The Balaban J connectivity index is 1.36. The van der Waals surface area contributed by atoms with E-state index in [9.17, 15) is 9.59 Å². The molecule has 2 aromatic carbocycles. The number of nitrogens with zero attached hydrogens (tertiary/aromatic N) is 3. The molecule has 1 fully saturated rings. The van der Waals surface area contributed by atoms with Gasteiger partial charge in [-0.2, -0.15) is 0 Å². The van der Waals surface area contributed by atoms with Crippen molar-refractivity contribution >= 4 is 17.7 Å². The number of nitrogens with one attached hydrogen (secondary N) is 1. The zero-order valence-corrected chi connectivity index (χ0v) is 16.8. The maximum Gasteiger partial charge on any atom is 0.335 e. The molecule has 0 unspecified atom stereocenters. The van der Waals surface area contributed by atoms with Gasteiger partial charge in [-0.05, 0) is 29.8 Å². The number of hydrogen-bond acceptors (Lipinski definition) is 4. The zero-order chi connectivity index (χ0) is 20.6. The summed E-state index contributed by atoms with van der Waals surface area (Å²) in [5.41, 5.74) is 2.37. The number of carbonyl (C=O) groups excluding carboxylic acids is 1. The van der Waals surface area contributed by atoms with Crippen LogP contribution in [0.25, 0.3) is 0 Å². The minimum absolute atomic E-state index is 0.129. The fourth-order valence-electron chi connectivity index (χ4n) is 3.34. The Bertz CT molecular complexity index is 803. The van der Waals surface area contributed by atoms with E-state index in [4.69, 9.17) is 5.11 Å². The highest BCUT2D eigenvalue weighted by molar-refractivity contribution is 5.87. The van der Waals surface area contributed by atoms with Gasteiger partial charge in [0.05, 0.1) is 5.56 Å². The minimum atomic E-state index is -0.954. The Kier molecular flexibility index (Phi) is 7.08. The number of urea groups is 1. The first-order chi connectivity index (χ1) is 14.0. The van der Waals surface area contributed by atoms with Crippen LogP contribution in [-0.4, -0.2) is 73.2 Å². The molecular weight excluding hydrogens is 368 g/mol. The second-order valence-electron chi connectivity index (χ2n) is 7.25. The van der Waals surface area contributed by atoms with Crippen LogP contribution in [0.15, 0.2) is 54.6 Å². The molecule has 0 bridgehead atoms. The third kappa shape index (κ3) is 5.96. The first-order valence-electron chi connectivity index (χ1n) is 9.86. The van der Waals surface area contributed by atoms with Crippen LogP contribution in [0.2, 0.25) is 0 Å². The number of anilines is 1. The fourth-order valence-corrected chi connectivity index (χ4v) is 3.34. The largest absolute Gasteiger partial charge is 0.478 e. The summed E-state index contributed by atoms with van der Waals surface area (Å²) in [7, 11) is 1.79. The number of piperazine rings is 1. The van der Waals surface area contributed by atoms with Gasteiger partial charge in [-0.3, -0.25) is 4.90 Å². The van der Waals surface area contributed by atoms with Gasteiger partial charge in [-0.1, -0.05) is 30.3 Å². The minimum Gasteiger partial charge on any atom is -0.478 e. The van der Waals surface area contributed by atoms with E-state index in [0.29, 0.717) is 13.1 Å². The van der Waals surface area contributed by atoms with Crippen LogP contribution in [-0.2, 0) is 6.54 Å². The normalized spacial score (nSPS) is 14.4. The molecule has 2 amide bonds. The molecule has 0 aromatic heterocycles. The van der Waals surface area contributed by atoms with Gasteiger partial charge in [0, 0.05) is 58.5 Å². The first-order valence-corrected chi connectivity index (χ1v) is 9.86. The maximum atomic E-state index is 12.3. The van der Waals surface area contributed by atoms with Gasteiger partial charge in [0.1, 0.15) is 0 Å². The van der Waals surface area contributed by atoms with Gasteiger partial charge in [-0.25, -0.2) is 9.59 Å². The standard InChI is InChI=1S/C22H28N4O3/c1-24(22(29)23-17-18-7-9-19(10-8-18)21(27)28)11-12-25-13-15-26(16-14-25)20-5-3-2-4-6-20/h2-10H,11-17H2,1H3,(H,23,29)(H,27,28). The quantitative estimate of drug-likeness (QED) is 0.751. The van der Waals surface area contributed by atoms with Crippen molar-refractivity contribution in [2.45, 2.75) is 6.54 Å². The third-order valence-electron chi connectivity index (χ3n) is 5.24. The van der Waals surface area contributed by atoms with E-state index < -0.39 is 5.97 Å². The Labute approximate surface area is 171 Å². The van der Waals surface area contributed by atoms with E-state index in [1.807, 2.05) is 6.07 Å². The molecule has 1 aliphatic rings. The predicted octanol–water partition coefficient (Wildman–Crippen LogP) is 2.35. The van der Waals surface area contributed by atoms with Crippen LogP contribution in [0.3, 0.4) is 0 Å². The fraction of sp³-hybridized carbons (Fsp3) is 0.364. The molecule has 0 saturated carbocycles. The summed E-state index contributed by atoms with van der Waals surface area (Å²) >= 11 is 0. The van der Waals surface area contributed by atoms with Crippen LogP contribution in [0.1, 0.15) is 15.9 Å². The number of likely N-dealkylation sites (N-methyl/N-ethyl adjacent to an activating group) is 1. The summed E-state index contributed by atoms with van der Waals surface area (Å²) in [5, 5.41) is 11.8. The Morgan fingerprint density at radius 1 is 1.00 bits per heavy atom. The lowest BCUT2D eigenvalue weighted by molar-refractivity contribution is 0.0697. The van der Waals surface area contributed by atoms with Gasteiger partial charge >= 0.3 is 12.0 Å². The summed E-state index contributed by atoms with van der Waals surface area (Å²) in [4.78, 5) is 29.6. The molecule has 154 valence electrons. The van der Waals surface area contributed by atoms with Crippen LogP contribution in [0.4, 0.5) is 10.5 Å². The van der Waals surface area contributed by atoms with E-state index >= 15 is 0 Å². The van der Waals surface area contributed by atoms with Crippen molar-refractivity contribution in [1.82, 2.24) is 15.1 Å². The molecule has 3 rings (SSSR count). The van der Waals surface area contributed by atoms with Crippen molar-refractivity contribution in [1.29, 1.82) is 0 Å². The molecule has 0 radical (unpaired) electrons. The third-order valence-corrected chi connectivity index (χ3v) is 5.24. The molecule has 1 heterocycles. The van der Waals surface area contributed by atoms with E-state index in [1.165, 1.54) is 5.69 Å². The van der Waals surface area contributed by atoms with Gasteiger partial charge in [0.15, 0.2) is 0 Å². The number of hydrogen-bond donors (Lipinski definition) is 2. The monoisotopic (exact) mass is 396 g/mol. The number of para-hydroxylation sites is 1. The SMILES string of the molecule is CN(CCN1CCN(c2ccccc2)CC1)C(=O)NCc1ccc(C(=O)O)cc1. The van der Waals surface area contributed by atoms with Crippen LogP contribution in [0.5, 0.6) is 0 Å². The number of carboxylic acid groups (broad SMARTS) is 1. The Morgan fingerprint density at radius 2 is 1.66 bits per heavy atom. The zero-order valence-electron chi connectivity index (χ0n) is 16.8. The van der Waals surface area contributed by atoms with Crippen molar-refractivity contribution in [3.05, 3.63) is 65.7 Å². The van der Waals surface area contributed by atoms with Gasteiger partial charge in [0.2, 0.25) is 0 Å². The molecule has 2 aromatic rings. The van der Waals surface area contributed by atoms with Crippen molar-refractivity contribution in [3.8, 4) is 0 Å². The summed E-state index contributed by atoms with van der Waals surface area (Å²) in [6.07, 6.45) is 0. The summed E-state index contributed by atoms with van der Waals surface area (Å²) in [6.45, 7) is 5.84. The molecule has 0 aliphatic carbocycles.